The average Bonchev–Trinajstić information content (AvgIpc) is 3.21. The number of hydrogen-bond donors (Lipinski definition) is 1. The van der Waals surface area contributed by atoms with Crippen molar-refractivity contribution in [2.75, 3.05) is 7.11 Å². The van der Waals surface area contributed by atoms with Gasteiger partial charge in [-0.15, -0.1) is 5.10 Å². The molecule has 0 aliphatic carbocycles. The maximum Gasteiger partial charge on any atom is 0.352 e. The highest BCUT2D eigenvalue weighted by atomic mass is 16.5. The Bertz CT molecular complexity index is 1630. The normalized spacial score (nSPS) is 11.1. The van der Waals surface area contributed by atoms with Crippen molar-refractivity contribution in [2.45, 2.75) is 19.6 Å². The molecule has 0 spiro atoms. The smallest absolute Gasteiger partial charge is 0.352 e. The summed E-state index contributed by atoms with van der Waals surface area (Å²) in [5.41, 5.74) is 1.50. The van der Waals surface area contributed by atoms with Crippen molar-refractivity contribution in [3.8, 4) is 5.75 Å². The molecule has 5 aromatic rings. The van der Waals surface area contributed by atoms with Gasteiger partial charge in [0, 0.05) is 6.54 Å². The van der Waals surface area contributed by atoms with Crippen LogP contribution in [-0.4, -0.2) is 31.8 Å². The fraction of sp³-hybridized carbons (Fsp3) is 0.154. The third kappa shape index (κ3) is 4.31. The Kier molecular flexibility index (Phi) is 5.88. The number of methoxy groups -OCH3 is 1. The maximum atomic E-state index is 13.3. The predicted molar refractivity (Wildman–Crippen MR) is 132 cm³/mol. The molecule has 176 valence electrons. The second-order valence-electron chi connectivity index (χ2n) is 8.09. The molecule has 1 amide bonds. The number of nitrogens with zero attached hydrogens (tertiary/aromatic N) is 4. The number of aromatic nitrogens is 4. The van der Waals surface area contributed by atoms with Crippen LogP contribution in [0.1, 0.15) is 11.1 Å². The first kappa shape index (κ1) is 22.1. The monoisotopic (exact) mass is 469 g/mol. The molecule has 3 aromatic carbocycles. The lowest BCUT2D eigenvalue weighted by Gasteiger charge is -2.09. The van der Waals surface area contributed by atoms with Crippen molar-refractivity contribution >= 4 is 22.6 Å². The summed E-state index contributed by atoms with van der Waals surface area (Å²) < 4.78 is 9.08. The van der Waals surface area contributed by atoms with Gasteiger partial charge in [0.15, 0.2) is 0 Å². The molecule has 5 rings (SSSR count). The van der Waals surface area contributed by atoms with Gasteiger partial charge in [0.2, 0.25) is 11.7 Å². The van der Waals surface area contributed by atoms with E-state index in [0.717, 1.165) is 21.6 Å². The van der Waals surface area contributed by atoms with Crippen molar-refractivity contribution in [1.29, 1.82) is 0 Å². The topological polar surface area (TPSA) is 99.6 Å². The van der Waals surface area contributed by atoms with Gasteiger partial charge in [-0.1, -0.05) is 54.6 Å². The van der Waals surface area contributed by atoms with Gasteiger partial charge in [0.1, 0.15) is 12.3 Å². The molecule has 0 radical (unpaired) electrons. The van der Waals surface area contributed by atoms with Gasteiger partial charge in [-0.2, -0.15) is 0 Å². The zero-order valence-corrected chi connectivity index (χ0v) is 19.0. The number of nitrogens with one attached hydrogen (secondary N) is 1. The van der Waals surface area contributed by atoms with Gasteiger partial charge in [0.25, 0.3) is 5.56 Å². The molecule has 35 heavy (non-hydrogen) atoms. The number of rotatable bonds is 7. The number of amides is 1. The minimum Gasteiger partial charge on any atom is -0.497 e. The van der Waals surface area contributed by atoms with Crippen molar-refractivity contribution < 1.29 is 9.53 Å². The summed E-state index contributed by atoms with van der Waals surface area (Å²) >= 11 is 0. The van der Waals surface area contributed by atoms with Crippen LogP contribution >= 0.6 is 0 Å². The van der Waals surface area contributed by atoms with Crippen molar-refractivity contribution in [3.63, 3.8) is 0 Å². The van der Waals surface area contributed by atoms with Gasteiger partial charge < -0.3 is 10.1 Å². The van der Waals surface area contributed by atoms with E-state index in [1.165, 1.54) is 8.97 Å². The van der Waals surface area contributed by atoms with Crippen LogP contribution < -0.4 is 21.3 Å². The third-order valence-electron chi connectivity index (χ3n) is 5.81. The van der Waals surface area contributed by atoms with E-state index in [9.17, 15) is 14.4 Å². The maximum absolute atomic E-state index is 13.3. The van der Waals surface area contributed by atoms with Crippen LogP contribution in [0, 0.1) is 0 Å². The molecular formula is C26H23N5O4. The van der Waals surface area contributed by atoms with Gasteiger partial charge in [-0.3, -0.25) is 14.2 Å². The van der Waals surface area contributed by atoms with E-state index in [-0.39, 0.29) is 30.3 Å². The molecule has 2 heterocycles. The summed E-state index contributed by atoms with van der Waals surface area (Å²) in [4.78, 5) is 39.2. The Morgan fingerprint density at radius 2 is 1.63 bits per heavy atom. The number of para-hydroxylation sites is 1. The van der Waals surface area contributed by atoms with E-state index < -0.39 is 5.69 Å². The Balaban J connectivity index is 1.49. The van der Waals surface area contributed by atoms with Crippen LogP contribution in [0.4, 0.5) is 0 Å². The van der Waals surface area contributed by atoms with Crippen LogP contribution in [0.25, 0.3) is 16.7 Å². The fourth-order valence-corrected chi connectivity index (χ4v) is 4.02. The molecule has 0 aliphatic rings. The van der Waals surface area contributed by atoms with E-state index in [1.54, 1.807) is 31.4 Å². The predicted octanol–water partition coefficient (Wildman–Crippen LogP) is 2.18. The molecule has 0 bridgehead atoms. The molecular weight excluding hydrogens is 446 g/mol. The van der Waals surface area contributed by atoms with Crippen LogP contribution in [0.3, 0.4) is 0 Å². The lowest BCUT2D eigenvalue weighted by molar-refractivity contribution is -0.122. The summed E-state index contributed by atoms with van der Waals surface area (Å²) in [6.45, 7) is 0.269. The Morgan fingerprint density at radius 3 is 2.37 bits per heavy atom. The molecule has 9 nitrogen and oxygen atoms in total. The van der Waals surface area contributed by atoms with Crippen molar-refractivity contribution in [1.82, 2.24) is 24.1 Å². The average molecular weight is 470 g/mol. The second-order valence-corrected chi connectivity index (χ2v) is 8.09. The highest BCUT2D eigenvalue weighted by Crippen LogP contribution is 2.13. The number of benzene rings is 3. The zero-order chi connectivity index (χ0) is 24.4. The molecule has 0 saturated carbocycles. The molecule has 9 heteroatoms. The minimum absolute atomic E-state index is 0.186. The number of hydrogen-bond acceptors (Lipinski definition) is 5. The number of carbonyl (C=O) groups excluding carboxylic acids is 1. The second kappa shape index (κ2) is 9.30. The molecule has 1 N–H and O–H groups in total. The summed E-state index contributed by atoms with van der Waals surface area (Å²) in [6, 6.07) is 23.7. The van der Waals surface area contributed by atoms with Crippen LogP contribution in [0.5, 0.6) is 5.75 Å². The highest BCUT2D eigenvalue weighted by molar-refractivity contribution is 5.80. The van der Waals surface area contributed by atoms with E-state index in [0.29, 0.717) is 17.4 Å². The Morgan fingerprint density at radius 1 is 0.914 bits per heavy atom. The molecule has 0 aliphatic heterocycles. The highest BCUT2D eigenvalue weighted by Gasteiger charge is 2.18. The first-order chi connectivity index (χ1) is 17.0. The summed E-state index contributed by atoms with van der Waals surface area (Å²) in [6.07, 6.45) is 0. The van der Waals surface area contributed by atoms with Gasteiger partial charge >= 0.3 is 5.69 Å². The lowest BCUT2D eigenvalue weighted by atomic mass is 10.2. The Hall–Kier alpha value is -4.66. The lowest BCUT2D eigenvalue weighted by Crippen LogP contribution is -2.32. The number of fused-ring (bicyclic) bond motifs is 3. The minimum atomic E-state index is -0.488. The van der Waals surface area contributed by atoms with Gasteiger partial charge in [-0.25, -0.2) is 13.9 Å². The first-order valence-electron chi connectivity index (χ1n) is 11.1. The quantitative estimate of drug-likeness (QED) is 0.394. The fourth-order valence-electron chi connectivity index (χ4n) is 4.02. The van der Waals surface area contributed by atoms with Crippen LogP contribution in [0.15, 0.2) is 88.5 Å². The van der Waals surface area contributed by atoms with E-state index in [4.69, 9.17) is 4.74 Å². The largest absolute Gasteiger partial charge is 0.497 e. The Labute approximate surface area is 199 Å². The van der Waals surface area contributed by atoms with Gasteiger partial charge in [0.05, 0.1) is 24.6 Å². The zero-order valence-electron chi connectivity index (χ0n) is 19.0. The van der Waals surface area contributed by atoms with Crippen molar-refractivity contribution in [3.05, 3.63) is 111 Å². The number of ether oxygens (including phenoxy) is 1. The number of carbonyl (C=O) groups is 1. The molecule has 0 unspecified atom stereocenters. The summed E-state index contributed by atoms with van der Waals surface area (Å²) in [5, 5.41) is 7.60. The van der Waals surface area contributed by atoms with E-state index in [1.807, 2.05) is 54.6 Å². The molecule has 0 fully saturated rings. The summed E-state index contributed by atoms with van der Waals surface area (Å²) in [5.74, 6) is 0.545. The van der Waals surface area contributed by atoms with Crippen molar-refractivity contribution in [2.24, 2.45) is 0 Å². The van der Waals surface area contributed by atoms with E-state index >= 15 is 0 Å². The third-order valence-corrected chi connectivity index (χ3v) is 5.81. The first-order valence-corrected chi connectivity index (χ1v) is 11.1. The van der Waals surface area contributed by atoms with Crippen LogP contribution in [0.2, 0.25) is 0 Å². The molecule has 2 aromatic heterocycles. The molecule has 0 saturated heterocycles. The molecule has 0 atom stereocenters. The van der Waals surface area contributed by atoms with Gasteiger partial charge in [-0.05, 0) is 35.4 Å². The summed E-state index contributed by atoms with van der Waals surface area (Å²) in [7, 11) is 1.59. The van der Waals surface area contributed by atoms with E-state index in [2.05, 4.69) is 10.4 Å². The van der Waals surface area contributed by atoms with Crippen LogP contribution in [-0.2, 0) is 24.4 Å². The standard InChI is InChI=1S/C26H23N5O4/c1-35-20-13-11-18(12-14-20)15-27-23(32)17-30-26(34)31-22-10-6-5-9-21(22)24(33)29(25(31)28-30)16-19-7-3-2-4-8-19/h2-14H,15-17H2,1H3,(H,27,32). The SMILES string of the molecule is COc1ccc(CNC(=O)Cn2nc3n(Cc4ccccc4)c(=O)c4ccccc4n3c2=O)cc1.